The average molecular weight is 303 g/mol. The van der Waals surface area contributed by atoms with Crippen molar-refractivity contribution in [2.24, 2.45) is 16.3 Å². The molecule has 1 aromatic carbocycles. The van der Waals surface area contributed by atoms with Gasteiger partial charge in [-0.05, 0) is 36.3 Å². The smallest absolute Gasteiger partial charge is 0.340 e. The van der Waals surface area contributed by atoms with Gasteiger partial charge in [0.25, 0.3) is 0 Å². The maximum atomic E-state index is 11.7. The van der Waals surface area contributed by atoms with Crippen LogP contribution in [-0.2, 0) is 4.74 Å². The van der Waals surface area contributed by atoms with E-state index in [1.807, 2.05) is 24.4 Å². The standard InChI is InChI=1S/C19H29NO2/c1-15(9-8-13-19(2,3)4)12-14-20-17-11-7-6-10-16(17)18(21)22-5/h6-7,10-11,14-15H,8-9,12-13H2,1-5H3/t15-/m0/s1. The molecule has 22 heavy (non-hydrogen) atoms. The van der Waals surface area contributed by atoms with E-state index >= 15 is 0 Å². The molecule has 0 saturated heterocycles. The van der Waals surface area contributed by atoms with Gasteiger partial charge in [0, 0.05) is 6.21 Å². The molecule has 0 spiro atoms. The second-order valence-corrected chi connectivity index (χ2v) is 7.11. The maximum absolute atomic E-state index is 11.7. The second kappa shape index (κ2) is 8.72. The molecule has 0 aliphatic rings. The molecular weight excluding hydrogens is 274 g/mol. The van der Waals surface area contributed by atoms with Crippen molar-refractivity contribution in [1.82, 2.24) is 0 Å². The summed E-state index contributed by atoms with van der Waals surface area (Å²) in [6.07, 6.45) is 6.56. The third-order valence-corrected chi connectivity index (χ3v) is 3.67. The van der Waals surface area contributed by atoms with Crippen LogP contribution in [0.1, 0.15) is 63.7 Å². The molecule has 0 heterocycles. The SMILES string of the molecule is COC(=O)c1ccccc1N=CC[C@@H](C)CCCC(C)(C)C. The molecule has 3 nitrogen and oxygen atoms in total. The molecule has 1 atom stereocenters. The number of carbonyl (C=O) groups excluding carboxylic acids is 1. The van der Waals surface area contributed by atoms with E-state index in [0.717, 1.165) is 6.42 Å². The van der Waals surface area contributed by atoms with Crippen molar-refractivity contribution in [3.63, 3.8) is 0 Å². The third-order valence-electron chi connectivity index (χ3n) is 3.67. The molecule has 0 aliphatic heterocycles. The van der Waals surface area contributed by atoms with Crippen molar-refractivity contribution >= 4 is 17.9 Å². The van der Waals surface area contributed by atoms with Crippen LogP contribution < -0.4 is 0 Å². The molecule has 1 rings (SSSR count). The van der Waals surface area contributed by atoms with Gasteiger partial charge < -0.3 is 4.74 Å². The van der Waals surface area contributed by atoms with Gasteiger partial charge in [0.15, 0.2) is 0 Å². The zero-order chi connectivity index (χ0) is 16.6. The van der Waals surface area contributed by atoms with Crippen LogP contribution in [0.25, 0.3) is 0 Å². The van der Waals surface area contributed by atoms with Crippen LogP contribution in [0, 0.1) is 11.3 Å². The first-order valence-electron chi connectivity index (χ1n) is 8.03. The lowest BCUT2D eigenvalue weighted by molar-refractivity contribution is 0.0601. The predicted molar refractivity (Wildman–Crippen MR) is 93.0 cm³/mol. The molecule has 1 aromatic rings. The van der Waals surface area contributed by atoms with E-state index in [-0.39, 0.29) is 5.97 Å². The fourth-order valence-electron chi connectivity index (χ4n) is 2.30. The molecule has 0 saturated carbocycles. The summed E-state index contributed by atoms with van der Waals surface area (Å²) < 4.78 is 4.78. The zero-order valence-corrected chi connectivity index (χ0v) is 14.6. The Morgan fingerprint density at radius 2 is 2.00 bits per heavy atom. The van der Waals surface area contributed by atoms with E-state index in [1.165, 1.54) is 26.4 Å². The summed E-state index contributed by atoms with van der Waals surface area (Å²) in [5.74, 6) is 0.266. The first kappa shape index (κ1) is 18.4. The van der Waals surface area contributed by atoms with Crippen molar-refractivity contribution in [2.75, 3.05) is 7.11 Å². The van der Waals surface area contributed by atoms with Gasteiger partial charge in [-0.3, -0.25) is 4.99 Å². The number of carbonyl (C=O) groups is 1. The van der Waals surface area contributed by atoms with Crippen molar-refractivity contribution in [1.29, 1.82) is 0 Å². The molecule has 3 heteroatoms. The second-order valence-electron chi connectivity index (χ2n) is 7.11. The average Bonchev–Trinajstić information content (AvgIpc) is 2.45. The predicted octanol–water partition coefficient (Wildman–Crippen LogP) is 5.42. The van der Waals surface area contributed by atoms with Crippen LogP contribution in [0.4, 0.5) is 5.69 Å². The largest absolute Gasteiger partial charge is 0.465 e. The number of aliphatic imine (C=N–C) groups is 1. The van der Waals surface area contributed by atoms with Gasteiger partial charge in [0.1, 0.15) is 0 Å². The van der Waals surface area contributed by atoms with Gasteiger partial charge in [-0.15, -0.1) is 0 Å². The van der Waals surface area contributed by atoms with Gasteiger partial charge >= 0.3 is 5.97 Å². The zero-order valence-electron chi connectivity index (χ0n) is 14.6. The third kappa shape index (κ3) is 6.88. The van der Waals surface area contributed by atoms with Crippen LogP contribution in [0.15, 0.2) is 29.3 Å². The number of nitrogens with zero attached hydrogens (tertiary/aromatic N) is 1. The Kier molecular flexibility index (Phi) is 7.30. The Balaban J connectivity index is 2.50. The minimum Gasteiger partial charge on any atom is -0.465 e. The summed E-state index contributed by atoms with van der Waals surface area (Å²) >= 11 is 0. The van der Waals surface area contributed by atoms with Crippen LogP contribution in [0.2, 0.25) is 0 Å². The summed E-state index contributed by atoms with van der Waals surface area (Å²) in [4.78, 5) is 16.1. The Morgan fingerprint density at radius 3 is 2.64 bits per heavy atom. The highest BCUT2D eigenvalue weighted by Crippen LogP contribution is 2.24. The maximum Gasteiger partial charge on any atom is 0.340 e. The summed E-state index contributed by atoms with van der Waals surface area (Å²) in [6.45, 7) is 9.09. The van der Waals surface area contributed by atoms with Crippen LogP contribution in [0.3, 0.4) is 0 Å². The molecule has 0 aliphatic carbocycles. The number of esters is 1. The van der Waals surface area contributed by atoms with Crippen LogP contribution >= 0.6 is 0 Å². The molecule has 0 amide bonds. The summed E-state index contributed by atoms with van der Waals surface area (Å²) in [5.41, 5.74) is 1.60. The summed E-state index contributed by atoms with van der Waals surface area (Å²) in [6, 6.07) is 7.28. The van der Waals surface area contributed by atoms with Crippen LogP contribution in [0.5, 0.6) is 0 Å². The van der Waals surface area contributed by atoms with E-state index in [4.69, 9.17) is 4.74 Å². The quantitative estimate of drug-likeness (QED) is 0.498. The molecule has 0 unspecified atom stereocenters. The molecule has 0 fully saturated rings. The molecule has 0 N–H and O–H groups in total. The number of benzene rings is 1. The minimum atomic E-state index is -0.342. The molecule has 0 aromatic heterocycles. The number of para-hydroxylation sites is 1. The van der Waals surface area contributed by atoms with E-state index in [2.05, 4.69) is 32.7 Å². The highest BCUT2D eigenvalue weighted by Gasteiger charge is 2.11. The van der Waals surface area contributed by atoms with Gasteiger partial charge in [-0.25, -0.2) is 4.79 Å². The molecule has 122 valence electrons. The number of methoxy groups -OCH3 is 1. The molecule has 0 radical (unpaired) electrons. The Bertz CT molecular complexity index is 500. The number of ether oxygens (including phenoxy) is 1. The Hall–Kier alpha value is -1.64. The van der Waals surface area contributed by atoms with Gasteiger partial charge in [-0.1, -0.05) is 52.7 Å². The fraction of sp³-hybridized carbons (Fsp3) is 0.579. The molecular formula is C19H29NO2. The highest BCUT2D eigenvalue weighted by atomic mass is 16.5. The Labute approximate surface area is 134 Å². The lowest BCUT2D eigenvalue weighted by Crippen LogP contribution is -2.06. The normalized spacial score (nSPS) is 13.3. The fourth-order valence-corrected chi connectivity index (χ4v) is 2.30. The van der Waals surface area contributed by atoms with Gasteiger partial charge in [-0.2, -0.15) is 0 Å². The monoisotopic (exact) mass is 303 g/mol. The first-order chi connectivity index (χ1) is 10.3. The van der Waals surface area contributed by atoms with Gasteiger partial charge in [0.05, 0.1) is 18.4 Å². The van der Waals surface area contributed by atoms with Crippen molar-refractivity contribution in [2.45, 2.75) is 53.4 Å². The first-order valence-corrected chi connectivity index (χ1v) is 8.03. The van der Waals surface area contributed by atoms with Gasteiger partial charge in [0.2, 0.25) is 0 Å². The Morgan fingerprint density at radius 1 is 1.32 bits per heavy atom. The summed E-state index contributed by atoms with van der Waals surface area (Å²) in [5, 5.41) is 0. The number of hydrogen-bond acceptors (Lipinski definition) is 3. The lowest BCUT2D eigenvalue weighted by Gasteiger charge is -2.18. The molecule has 0 bridgehead atoms. The highest BCUT2D eigenvalue weighted by molar-refractivity contribution is 5.95. The van der Waals surface area contributed by atoms with Crippen LogP contribution in [-0.4, -0.2) is 19.3 Å². The van der Waals surface area contributed by atoms with E-state index in [9.17, 15) is 4.79 Å². The van der Waals surface area contributed by atoms with E-state index < -0.39 is 0 Å². The topological polar surface area (TPSA) is 38.7 Å². The van der Waals surface area contributed by atoms with Crippen molar-refractivity contribution < 1.29 is 9.53 Å². The van der Waals surface area contributed by atoms with E-state index in [1.54, 1.807) is 6.07 Å². The summed E-state index contributed by atoms with van der Waals surface area (Å²) in [7, 11) is 1.39. The number of rotatable bonds is 7. The lowest BCUT2D eigenvalue weighted by atomic mass is 9.88. The number of hydrogen-bond donors (Lipinski definition) is 0. The van der Waals surface area contributed by atoms with E-state index in [0.29, 0.717) is 22.6 Å². The minimum absolute atomic E-state index is 0.342. The van der Waals surface area contributed by atoms with Crippen molar-refractivity contribution in [3.8, 4) is 0 Å². The van der Waals surface area contributed by atoms with Crippen molar-refractivity contribution in [3.05, 3.63) is 29.8 Å².